The highest BCUT2D eigenvalue weighted by atomic mass is 19.4. The zero-order valence-corrected chi connectivity index (χ0v) is 17.0. The van der Waals surface area contributed by atoms with E-state index in [0.29, 0.717) is 36.5 Å². The van der Waals surface area contributed by atoms with Gasteiger partial charge in [-0.2, -0.15) is 18.3 Å². The third-order valence-corrected chi connectivity index (χ3v) is 5.61. The molecular weight excluding hydrogens is 412 g/mol. The van der Waals surface area contributed by atoms with Crippen molar-refractivity contribution in [1.82, 2.24) is 19.5 Å². The molecule has 1 atom stereocenters. The first-order chi connectivity index (χ1) is 14.7. The van der Waals surface area contributed by atoms with Crippen LogP contribution in [0.25, 0.3) is 5.65 Å². The number of hydrogen-bond donors (Lipinski definition) is 0. The van der Waals surface area contributed by atoms with Gasteiger partial charge in [0.15, 0.2) is 5.65 Å². The molecule has 1 fully saturated rings. The summed E-state index contributed by atoms with van der Waals surface area (Å²) in [6, 6.07) is 8.40. The number of likely N-dealkylation sites (tertiary alicyclic amines) is 1. The van der Waals surface area contributed by atoms with Crippen molar-refractivity contribution in [3.8, 4) is 0 Å². The lowest BCUT2D eigenvalue weighted by Crippen LogP contribution is -2.40. The van der Waals surface area contributed by atoms with Crippen molar-refractivity contribution in [2.75, 3.05) is 13.1 Å². The topological polar surface area (TPSA) is 50.5 Å². The van der Waals surface area contributed by atoms with Gasteiger partial charge in [-0.1, -0.05) is 19.1 Å². The van der Waals surface area contributed by atoms with Crippen molar-refractivity contribution in [2.45, 2.75) is 44.7 Å². The largest absolute Gasteiger partial charge is 0.433 e. The molecule has 0 spiro atoms. The normalized spacial score (nSPS) is 17.3. The number of alkyl halides is 3. The molecule has 0 saturated carbocycles. The number of benzene rings is 1. The number of amides is 1. The molecule has 1 aliphatic heterocycles. The summed E-state index contributed by atoms with van der Waals surface area (Å²) >= 11 is 0. The molecule has 164 valence electrons. The van der Waals surface area contributed by atoms with Crippen molar-refractivity contribution < 1.29 is 22.4 Å². The highest BCUT2D eigenvalue weighted by molar-refractivity contribution is 5.79. The predicted octanol–water partition coefficient (Wildman–Crippen LogP) is 4.40. The Kier molecular flexibility index (Phi) is 5.68. The number of hydrogen-bond acceptors (Lipinski definition) is 3. The first-order valence-electron chi connectivity index (χ1n) is 10.2. The molecule has 3 heterocycles. The fourth-order valence-corrected chi connectivity index (χ4v) is 3.96. The van der Waals surface area contributed by atoms with Crippen LogP contribution < -0.4 is 0 Å². The average Bonchev–Trinajstić information content (AvgIpc) is 3.18. The monoisotopic (exact) mass is 434 g/mol. The molecule has 1 saturated heterocycles. The summed E-state index contributed by atoms with van der Waals surface area (Å²) in [7, 11) is 0. The van der Waals surface area contributed by atoms with Crippen LogP contribution in [0, 0.1) is 5.82 Å². The lowest BCUT2D eigenvalue weighted by Gasteiger charge is -2.32. The molecule has 5 nitrogen and oxygen atoms in total. The Morgan fingerprint density at radius 1 is 1.19 bits per heavy atom. The molecular formula is C22H22F4N4O. The Balaban J connectivity index is 1.56. The molecule has 1 amide bonds. The van der Waals surface area contributed by atoms with Crippen LogP contribution in [0.1, 0.15) is 48.3 Å². The molecule has 4 rings (SSSR count). The standard InChI is InChI=1S/C22H22F4N4O/c1-2-17-11-19(22(24,25)26)30-20(27-17)12-18(28-30)15-4-3-9-29(13-15)21(31)10-14-5-7-16(23)8-6-14/h5-8,11-12,15H,2-4,9-10,13H2,1H3/t15-/m0/s1. The lowest BCUT2D eigenvalue weighted by molar-refractivity contribution is -0.142. The molecule has 9 heteroatoms. The smallest absolute Gasteiger partial charge is 0.342 e. The van der Waals surface area contributed by atoms with Gasteiger partial charge in [0.1, 0.15) is 11.5 Å². The summed E-state index contributed by atoms with van der Waals surface area (Å²) in [5, 5.41) is 4.22. The second kappa shape index (κ2) is 8.28. The van der Waals surface area contributed by atoms with Gasteiger partial charge >= 0.3 is 6.18 Å². The zero-order valence-electron chi connectivity index (χ0n) is 17.0. The van der Waals surface area contributed by atoms with Crippen LogP contribution in [0.3, 0.4) is 0 Å². The van der Waals surface area contributed by atoms with Crippen molar-refractivity contribution in [1.29, 1.82) is 0 Å². The highest BCUT2D eigenvalue weighted by Gasteiger charge is 2.36. The number of piperidine rings is 1. The van der Waals surface area contributed by atoms with Crippen LogP contribution in [0.4, 0.5) is 17.6 Å². The van der Waals surface area contributed by atoms with E-state index in [1.54, 1.807) is 30.0 Å². The molecule has 1 aromatic carbocycles. The number of carbonyl (C=O) groups is 1. The summed E-state index contributed by atoms with van der Waals surface area (Å²) < 4.78 is 54.5. The Morgan fingerprint density at radius 3 is 2.61 bits per heavy atom. The molecule has 2 aromatic heterocycles. The van der Waals surface area contributed by atoms with Gasteiger partial charge in [-0.3, -0.25) is 4.79 Å². The predicted molar refractivity (Wildman–Crippen MR) is 106 cm³/mol. The maximum Gasteiger partial charge on any atom is 0.433 e. The Morgan fingerprint density at radius 2 is 1.94 bits per heavy atom. The number of fused-ring (bicyclic) bond motifs is 1. The van der Waals surface area contributed by atoms with E-state index in [1.165, 1.54) is 12.1 Å². The second-order valence-electron chi connectivity index (χ2n) is 7.81. The zero-order chi connectivity index (χ0) is 22.2. The lowest BCUT2D eigenvalue weighted by atomic mass is 9.94. The molecule has 1 aliphatic rings. The van der Waals surface area contributed by atoms with Crippen LogP contribution in [-0.4, -0.2) is 38.5 Å². The number of halogens is 4. The molecule has 31 heavy (non-hydrogen) atoms. The average molecular weight is 434 g/mol. The minimum atomic E-state index is -4.54. The van der Waals surface area contributed by atoms with Crippen LogP contribution in [0.5, 0.6) is 0 Å². The Hall–Kier alpha value is -2.97. The molecule has 0 aliphatic carbocycles. The van der Waals surface area contributed by atoms with Gasteiger partial charge in [0, 0.05) is 30.8 Å². The van der Waals surface area contributed by atoms with Gasteiger partial charge in [-0.15, -0.1) is 0 Å². The maximum atomic E-state index is 13.5. The minimum Gasteiger partial charge on any atom is -0.342 e. The van der Waals surface area contributed by atoms with E-state index in [4.69, 9.17) is 0 Å². The van der Waals surface area contributed by atoms with E-state index in [-0.39, 0.29) is 29.7 Å². The SMILES string of the molecule is CCc1cc(C(F)(F)F)n2nc([C@H]3CCCN(C(=O)Cc4ccc(F)cc4)C3)cc2n1. The van der Waals surface area contributed by atoms with E-state index < -0.39 is 11.9 Å². The first-order valence-corrected chi connectivity index (χ1v) is 10.2. The van der Waals surface area contributed by atoms with E-state index in [1.807, 2.05) is 0 Å². The second-order valence-corrected chi connectivity index (χ2v) is 7.81. The molecule has 0 bridgehead atoms. The Labute approximate surface area is 176 Å². The molecule has 3 aromatic rings. The van der Waals surface area contributed by atoms with Crippen LogP contribution >= 0.6 is 0 Å². The van der Waals surface area contributed by atoms with Crippen molar-refractivity contribution in [3.05, 3.63) is 64.9 Å². The van der Waals surface area contributed by atoms with Crippen molar-refractivity contribution in [2.24, 2.45) is 0 Å². The number of nitrogens with zero attached hydrogens (tertiary/aromatic N) is 4. The van der Waals surface area contributed by atoms with Gasteiger partial charge in [0.25, 0.3) is 0 Å². The van der Waals surface area contributed by atoms with E-state index in [0.717, 1.165) is 23.4 Å². The number of rotatable bonds is 4. The molecule has 0 unspecified atom stereocenters. The van der Waals surface area contributed by atoms with Gasteiger partial charge in [0.05, 0.1) is 12.1 Å². The minimum absolute atomic E-state index is 0.0950. The van der Waals surface area contributed by atoms with Crippen LogP contribution in [0.2, 0.25) is 0 Å². The van der Waals surface area contributed by atoms with Gasteiger partial charge in [-0.05, 0) is 43.0 Å². The molecule has 0 N–H and O–H groups in total. The van der Waals surface area contributed by atoms with Crippen LogP contribution in [0.15, 0.2) is 36.4 Å². The van der Waals surface area contributed by atoms with Gasteiger partial charge in [-0.25, -0.2) is 13.9 Å². The fourth-order valence-electron chi connectivity index (χ4n) is 3.96. The van der Waals surface area contributed by atoms with E-state index >= 15 is 0 Å². The number of aryl methyl sites for hydroxylation is 1. The number of carbonyl (C=O) groups excluding carboxylic acids is 1. The summed E-state index contributed by atoms with van der Waals surface area (Å²) in [5.74, 6) is -0.625. The van der Waals surface area contributed by atoms with Crippen LogP contribution in [-0.2, 0) is 23.8 Å². The number of aromatic nitrogens is 3. The van der Waals surface area contributed by atoms with Crippen molar-refractivity contribution in [3.63, 3.8) is 0 Å². The summed E-state index contributed by atoms with van der Waals surface area (Å²) in [6.07, 6.45) is -2.55. The van der Waals surface area contributed by atoms with Gasteiger partial charge in [0.2, 0.25) is 5.91 Å². The summed E-state index contributed by atoms with van der Waals surface area (Å²) in [5.41, 5.74) is 0.890. The molecule has 0 radical (unpaired) electrons. The maximum absolute atomic E-state index is 13.5. The summed E-state index contributed by atoms with van der Waals surface area (Å²) in [4.78, 5) is 18.7. The highest BCUT2D eigenvalue weighted by Crippen LogP contribution is 2.32. The van der Waals surface area contributed by atoms with Crippen molar-refractivity contribution >= 4 is 11.6 Å². The third kappa shape index (κ3) is 4.55. The summed E-state index contributed by atoms with van der Waals surface area (Å²) in [6.45, 7) is 2.71. The Bertz CT molecular complexity index is 1090. The third-order valence-electron chi connectivity index (χ3n) is 5.61. The van der Waals surface area contributed by atoms with E-state index in [2.05, 4.69) is 10.1 Å². The quantitative estimate of drug-likeness (QED) is 0.572. The first kappa shape index (κ1) is 21.3. The van der Waals surface area contributed by atoms with Gasteiger partial charge < -0.3 is 4.90 Å². The fraction of sp³-hybridized carbons (Fsp3) is 0.409. The van der Waals surface area contributed by atoms with E-state index in [9.17, 15) is 22.4 Å².